The summed E-state index contributed by atoms with van der Waals surface area (Å²) in [7, 11) is 0. The van der Waals surface area contributed by atoms with Gasteiger partial charge < -0.3 is 15.2 Å². The van der Waals surface area contributed by atoms with Crippen LogP contribution in [-0.2, 0) is 6.61 Å². The van der Waals surface area contributed by atoms with Gasteiger partial charge >= 0.3 is 6.18 Å². The summed E-state index contributed by atoms with van der Waals surface area (Å²) in [6.45, 7) is 3.72. The van der Waals surface area contributed by atoms with E-state index in [0.29, 0.717) is 0 Å². The molecule has 184 valence electrons. The minimum absolute atomic E-state index is 0.0266. The zero-order valence-corrected chi connectivity index (χ0v) is 18.7. The van der Waals surface area contributed by atoms with E-state index in [2.05, 4.69) is 10.3 Å². The van der Waals surface area contributed by atoms with Crippen LogP contribution in [-0.4, -0.2) is 38.2 Å². The Morgan fingerprint density at radius 2 is 1.82 bits per heavy atom. The van der Waals surface area contributed by atoms with Crippen molar-refractivity contribution in [2.75, 3.05) is 0 Å². The Hall–Kier alpha value is -3.21. The van der Waals surface area contributed by atoms with Gasteiger partial charge in [-0.2, -0.15) is 13.2 Å². The largest absolute Gasteiger partial charge is 0.485 e. The van der Waals surface area contributed by atoms with Crippen LogP contribution < -0.4 is 10.1 Å². The normalized spacial score (nSPS) is 13.2. The highest BCUT2D eigenvalue weighted by molar-refractivity contribution is 5.95. The number of rotatable bonds is 8. The van der Waals surface area contributed by atoms with E-state index in [9.17, 15) is 31.9 Å². The van der Waals surface area contributed by atoms with Crippen molar-refractivity contribution in [2.45, 2.75) is 58.0 Å². The van der Waals surface area contributed by atoms with E-state index in [4.69, 9.17) is 4.74 Å². The highest BCUT2D eigenvalue weighted by atomic mass is 19.4. The first-order valence-electron chi connectivity index (χ1n) is 10.4. The molecule has 11 heteroatoms. The number of halogens is 5. The molecule has 0 saturated heterocycles. The average Bonchev–Trinajstić information content (AvgIpc) is 3.05. The molecule has 2 aromatic heterocycles. The molecular formula is C23H24F5N3O3. The number of amides is 1. The molecule has 0 fully saturated rings. The van der Waals surface area contributed by atoms with E-state index < -0.39 is 54.8 Å². The van der Waals surface area contributed by atoms with Crippen LogP contribution in [0.4, 0.5) is 22.0 Å². The summed E-state index contributed by atoms with van der Waals surface area (Å²) in [4.78, 5) is 17.3. The lowest BCUT2D eigenvalue weighted by molar-refractivity contribution is -0.139. The van der Waals surface area contributed by atoms with Crippen molar-refractivity contribution in [1.82, 2.24) is 14.7 Å². The maximum Gasteiger partial charge on any atom is 0.389 e. The second-order valence-corrected chi connectivity index (χ2v) is 8.43. The molecule has 3 aromatic rings. The van der Waals surface area contributed by atoms with Crippen molar-refractivity contribution in [3.05, 3.63) is 65.1 Å². The van der Waals surface area contributed by atoms with Crippen LogP contribution in [0.5, 0.6) is 5.75 Å². The van der Waals surface area contributed by atoms with Gasteiger partial charge in [-0.1, -0.05) is 6.07 Å². The molecule has 0 aliphatic heterocycles. The molecule has 0 bridgehead atoms. The maximum absolute atomic E-state index is 13.9. The summed E-state index contributed by atoms with van der Waals surface area (Å²) >= 11 is 0. The van der Waals surface area contributed by atoms with E-state index in [-0.39, 0.29) is 28.3 Å². The third-order valence-corrected chi connectivity index (χ3v) is 5.31. The molecule has 6 nitrogen and oxygen atoms in total. The van der Waals surface area contributed by atoms with Gasteiger partial charge in [-0.05, 0) is 51.5 Å². The van der Waals surface area contributed by atoms with Gasteiger partial charge in [-0.15, -0.1) is 0 Å². The molecular weight excluding hydrogens is 461 g/mol. The molecule has 1 atom stereocenters. The van der Waals surface area contributed by atoms with Crippen molar-refractivity contribution in [2.24, 2.45) is 0 Å². The first-order chi connectivity index (χ1) is 15.8. The SMILES string of the molecule is Cc1nc2c(OCc3c(F)cccc3F)cccn2c1C(=O)NC(CCC(F)(F)F)C(C)(C)O. The Morgan fingerprint density at radius 1 is 1.18 bits per heavy atom. The summed E-state index contributed by atoms with van der Waals surface area (Å²) in [5.74, 6) is -2.15. The molecule has 3 rings (SSSR count). The Kier molecular flexibility index (Phi) is 7.15. The monoisotopic (exact) mass is 485 g/mol. The minimum Gasteiger partial charge on any atom is -0.485 e. The second-order valence-electron chi connectivity index (χ2n) is 8.43. The standard InChI is InChI=1S/C23H24F5N3O3/c1-13-19(21(32)30-18(22(2,3)33)9-10-23(26,27)28)31-11-5-8-17(20(31)29-13)34-12-14-15(24)6-4-7-16(14)25/h4-8,11,18,33H,9-10,12H2,1-3H3,(H,30,32). The van der Waals surface area contributed by atoms with Crippen LogP contribution in [0.2, 0.25) is 0 Å². The Morgan fingerprint density at radius 3 is 2.41 bits per heavy atom. The fraction of sp³-hybridized carbons (Fsp3) is 0.391. The first-order valence-corrected chi connectivity index (χ1v) is 10.4. The number of nitrogens with zero attached hydrogens (tertiary/aromatic N) is 2. The lowest BCUT2D eigenvalue weighted by Gasteiger charge is -2.30. The van der Waals surface area contributed by atoms with Gasteiger partial charge in [0, 0.05) is 12.6 Å². The lowest BCUT2D eigenvalue weighted by atomic mass is 9.94. The number of aryl methyl sites for hydroxylation is 1. The van der Waals surface area contributed by atoms with Crippen LogP contribution in [0.1, 0.15) is 48.4 Å². The van der Waals surface area contributed by atoms with E-state index in [1.54, 1.807) is 0 Å². The number of alkyl halides is 3. The van der Waals surface area contributed by atoms with Crippen molar-refractivity contribution in [3.63, 3.8) is 0 Å². The summed E-state index contributed by atoms with van der Waals surface area (Å²) < 4.78 is 72.9. The molecule has 0 spiro atoms. The zero-order valence-electron chi connectivity index (χ0n) is 18.7. The number of nitrogens with one attached hydrogen (secondary N) is 1. The molecule has 2 heterocycles. The van der Waals surface area contributed by atoms with E-state index in [1.807, 2.05) is 0 Å². The molecule has 0 aliphatic rings. The molecule has 1 unspecified atom stereocenters. The third kappa shape index (κ3) is 5.82. The van der Waals surface area contributed by atoms with Crippen molar-refractivity contribution in [1.29, 1.82) is 0 Å². The zero-order chi connectivity index (χ0) is 25.3. The van der Waals surface area contributed by atoms with Crippen LogP contribution in [0.15, 0.2) is 36.5 Å². The van der Waals surface area contributed by atoms with Crippen molar-refractivity contribution < 1.29 is 36.6 Å². The number of fused-ring (bicyclic) bond motifs is 1. The van der Waals surface area contributed by atoms with Crippen LogP contribution in [0, 0.1) is 18.6 Å². The first kappa shape index (κ1) is 25.4. The predicted molar refractivity (Wildman–Crippen MR) is 113 cm³/mol. The number of carbonyl (C=O) groups is 1. The summed E-state index contributed by atoms with van der Waals surface area (Å²) in [6, 6.07) is 5.27. The quantitative estimate of drug-likeness (QED) is 0.453. The van der Waals surface area contributed by atoms with Gasteiger partial charge in [-0.25, -0.2) is 13.8 Å². The van der Waals surface area contributed by atoms with Gasteiger partial charge in [0.2, 0.25) is 0 Å². The minimum atomic E-state index is -4.45. The molecule has 1 amide bonds. The fourth-order valence-corrected chi connectivity index (χ4v) is 3.50. The van der Waals surface area contributed by atoms with Gasteiger partial charge in [0.25, 0.3) is 5.91 Å². The molecule has 2 N–H and O–H groups in total. The lowest BCUT2D eigenvalue weighted by Crippen LogP contribution is -2.50. The molecule has 1 aromatic carbocycles. The van der Waals surface area contributed by atoms with Gasteiger partial charge in [-0.3, -0.25) is 9.20 Å². The Labute approximate surface area is 192 Å². The number of ether oxygens (including phenoxy) is 1. The molecule has 0 radical (unpaired) electrons. The summed E-state index contributed by atoms with van der Waals surface area (Å²) in [5, 5.41) is 12.8. The summed E-state index contributed by atoms with van der Waals surface area (Å²) in [6.07, 6.45) is -4.65. The molecule has 34 heavy (non-hydrogen) atoms. The van der Waals surface area contributed by atoms with Crippen LogP contribution in [0.25, 0.3) is 5.65 Å². The van der Waals surface area contributed by atoms with Gasteiger partial charge in [0.15, 0.2) is 11.4 Å². The average molecular weight is 485 g/mol. The Balaban J connectivity index is 1.87. The Bertz CT molecular complexity index is 1160. The number of hydrogen-bond donors (Lipinski definition) is 2. The fourth-order valence-electron chi connectivity index (χ4n) is 3.50. The van der Waals surface area contributed by atoms with Crippen LogP contribution >= 0.6 is 0 Å². The van der Waals surface area contributed by atoms with E-state index >= 15 is 0 Å². The third-order valence-electron chi connectivity index (χ3n) is 5.31. The molecule has 0 aliphatic carbocycles. The number of imidazole rings is 1. The highest BCUT2D eigenvalue weighted by Crippen LogP contribution is 2.27. The van der Waals surface area contributed by atoms with Crippen LogP contribution in [0.3, 0.4) is 0 Å². The van der Waals surface area contributed by atoms with E-state index in [0.717, 1.165) is 12.1 Å². The van der Waals surface area contributed by atoms with Crippen molar-refractivity contribution in [3.8, 4) is 5.75 Å². The van der Waals surface area contributed by atoms with Crippen molar-refractivity contribution >= 4 is 11.6 Å². The van der Waals surface area contributed by atoms with Gasteiger partial charge in [0.1, 0.15) is 23.9 Å². The van der Waals surface area contributed by atoms with Gasteiger partial charge in [0.05, 0.1) is 22.9 Å². The second kappa shape index (κ2) is 9.57. The topological polar surface area (TPSA) is 75.9 Å². The summed E-state index contributed by atoms with van der Waals surface area (Å²) in [5.41, 5.74) is -1.44. The number of hydrogen-bond acceptors (Lipinski definition) is 4. The number of aromatic nitrogens is 2. The number of pyridine rings is 1. The van der Waals surface area contributed by atoms with E-state index in [1.165, 1.54) is 49.6 Å². The number of carbonyl (C=O) groups excluding carboxylic acids is 1. The number of aliphatic hydroxyl groups is 1. The maximum atomic E-state index is 13.9. The predicted octanol–water partition coefficient (Wildman–Crippen LogP) is 4.71. The highest BCUT2D eigenvalue weighted by Gasteiger charge is 2.35. The number of benzene rings is 1. The smallest absolute Gasteiger partial charge is 0.389 e. The molecule has 0 saturated carbocycles.